The Morgan fingerprint density at radius 3 is 1.50 bits per heavy atom. The van der Waals surface area contributed by atoms with Crippen molar-refractivity contribution in [3.8, 4) is 67.3 Å². The fourth-order valence-corrected chi connectivity index (χ4v) is 8.41. The molecule has 0 N–H and O–H groups in total. The molecule has 292 valence electrons. The molecule has 0 spiro atoms. The molecule has 2 aromatic heterocycles. The van der Waals surface area contributed by atoms with Gasteiger partial charge in [-0.1, -0.05) is 176 Å². The van der Waals surface area contributed by atoms with E-state index in [9.17, 15) is 0 Å². The number of aromatic nitrogens is 2. The van der Waals surface area contributed by atoms with E-state index in [-0.39, 0.29) is 0 Å². The van der Waals surface area contributed by atoms with Crippen molar-refractivity contribution in [3.05, 3.63) is 237 Å². The molecule has 9 aromatic carbocycles. The maximum Gasteiger partial charge on any atom is 0.160 e. The molecule has 0 saturated carbocycles. The molecule has 0 fully saturated rings. The number of benzene rings is 9. The van der Waals surface area contributed by atoms with E-state index >= 15 is 0 Å². The summed E-state index contributed by atoms with van der Waals surface area (Å²) >= 11 is 0. The summed E-state index contributed by atoms with van der Waals surface area (Å²) in [6, 6.07) is 82.7. The lowest BCUT2D eigenvalue weighted by Gasteiger charge is -2.26. The normalized spacial score (nSPS) is 11.2. The van der Waals surface area contributed by atoms with Crippen molar-refractivity contribution in [2.45, 2.75) is 0 Å². The van der Waals surface area contributed by atoms with Gasteiger partial charge in [0.15, 0.2) is 5.82 Å². The molecule has 0 aliphatic heterocycles. The van der Waals surface area contributed by atoms with Crippen molar-refractivity contribution >= 4 is 39.0 Å². The Kier molecular flexibility index (Phi) is 9.49. The molecule has 0 unspecified atom stereocenters. The molecule has 11 rings (SSSR count). The van der Waals surface area contributed by atoms with Gasteiger partial charge in [0.05, 0.1) is 11.4 Å². The highest BCUT2D eigenvalue weighted by atomic mass is 16.3. The van der Waals surface area contributed by atoms with Crippen LogP contribution in [0.1, 0.15) is 0 Å². The van der Waals surface area contributed by atoms with Crippen LogP contribution in [0.3, 0.4) is 0 Å². The third-order valence-corrected chi connectivity index (χ3v) is 11.5. The molecule has 11 aromatic rings. The van der Waals surface area contributed by atoms with E-state index < -0.39 is 0 Å². The summed E-state index contributed by atoms with van der Waals surface area (Å²) in [5.41, 5.74) is 16.5. The van der Waals surface area contributed by atoms with Crippen LogP contribution in [0.25, 0.3) is 89.2 Å². The van der Waals surface area contributed by atoms with Gasteiger partial charge in [0.2, 0.25) is 0 Å². The summed E-state index contributed by atoms with van der Waals surface area (Å²) in [5.74, 6) is 0.676. The van der Waals surface area contributed by atoms with E-state index in [1.807, 2.05) is 36.4 Å². The molecule has 2 heterocycles. The number of fused-ring (bicyclic) bond motifs is 3. The van der Waals surface area contributed by atoms with Crippen molar-refractivity contribution < 1.29 is 4.42 Å². The van der Waals surface area contributed by atoms with Gasteiger partial charge in [-0.2, -0.15) is 0 Å². The molecule has 4 heteroatoms. The summed E-state index contributed by atoms with van der Waals surface area (Å²) in [6.45, 7) is 0. The zero-order chi connectivity index (χ0) is 41.2. The molecule has 0 aliphatic carbocycles. The van der Waals surface area contributed by atoms with Crippen molar-refractivity contribution in [1.82, 2.24) is 9.97 Å². The molecule has 0 atom stereocenters. The number of hydrogen-bond acceptors (Lipinski definition) is 4. The number of rotatable bonds is 9. The zero-order valence-corrected chi connectivity index (χ0v) is 33.8. The molecule has 0 amide bonds. The Morgan fingerprint density at radius 1 is 0.306 bits per heavy atom. The summed E-state index contributed by atoms with van der Waals surface area (Å²) in [7, 11) is 0. The molecule has 0 saturated heterocycles. The van der Waals surface area contributed by atoms with Crippen molar-refractivity contribution in [1.29, 1.82) is 0 Å². The van der Waals surface area contributed by atoms with Gasteiger partial charge in [0.1, 0.15) is 11.2 Å². The van der Waals surface area contributed by atoms with Crippen molar-refractivity contribution in [3.63, 3.8) is 0 Å². The Labute approximate surface area is 360 Å². The maximum absolute atomic E-state index is 6.64. The smallest absolute Gasteiger partial charge is 0.160 e. The second-order valence-electron chi connectivity index (χ2n) is 15.4. The average molecular weight is 794 g/mol. The van der Waals surface area contributed by atoms with Crippen LogP contribution >= 0.6 is 0 Å². The van der Waals surface area contributed by atoms with E-state index in [0.717, 1.165) is 83.8 Å². The Balaban J connectivity index is 0.957. The minimum absolute atomic E-state index is 0.676. The highest BCUT2D eigenvalue weighted by Crippen LogP contribution is 2.41. The van der Waals surface area contributed by atoms with E-state index in [4.69, 9.17) is 14.4 Å². The van der Waals surface area contributed by atoms with Crippen LogP contribution < -0.4 is 4.90 Å². The Bertz CT molecular complexity index is 3310. The molecular formula is C58H39N3O. The number of furan rings is 1. The number of hydrogen-bond donors (Lipinski definition) is 0. The third kappa shape index (κ3) is 7.10. The van der Waals surface area contributed by atoms with Gasteiger partial charge >= 0.3 is 0 Å². The molecule has 4 nitrogen and oxygen atoms in total. The topological polar surface area (TPSA) is 42.2 Å². The second kappa shape index (κ2) is 16.0. The molecular weight excluding hydrogens is 755 g/mol. The lowest BCUT2D eigenvalue weighted by Crippen LogP contribution is -2.09. The number of anilines is 3. The lowest BCUT2D eigenvalue weighted by atomic mass is 9.98. The third-order valence-electron chi connectivity index (χ3n) is 11.5. The first-order valence-electron chi connectivity index (χ1n) is 20.9. The lowest BCUT2D eigenvalue weighted by molar-refractivity contribution is 0.669. The minimum Gasteiger partial charge on any atom is -0.456 e. The molecule has 0 bridgehead atoms. The van der Waals surface area contributed by atoms with Gasteiger partial charge in [-0.15, -0.1) is 0 Å². The Morgan fingerprint density at radius 2 is 0.790 bits per heavy atom. The zero-order valence-electron chi connectivity index (χ0n) is 33.8. The maximum atomic E-state index is 6.64. The van der Waals surface area contributed by atoms with E-state index in [1.54, 1.807) is 0 Å². The highest BCUT2D eigenvalue weighted by molar-refractivity contribution is 6.13. The first-order valence-corrected chi connectivity index (χ1v) is 20.9. The SMILES string of the molecule is c1ccc(-c2ccc(-c3cc(-c4cccc5oc6cc(-c7ccc(N(c8ccccc8)c8cccc(-c9ccccc9)c8)cc7)ccc6c45)nc(-c4ccccc4)n3)cc2)cc1. The Hall–Kier alpha value is -8.34. The predicted molar refractivity (Wildman–Crippen MR) is 257 cm³/mol. The van der Waals surface area contributed by atoms with Crippen LogP contribution in [0.5, 0.6) is 0 Å². The first kappa shape index (κ1) is 36.7. The average Bonchev–Trinajstić information content (AvgIpc) is 3.74. The molecule has 0 radical (unpaired) electrons. The summed E-state index contributed by atoms with van der Waals surface area (Å²) in [4.78, 5) is 12.6. The second-order valence-corrected chi connectivity index (χ2v) is 15.4. The van der Waals surface area contributed by atoms with Gasteiger partial charge in [-0.3, -0.25) is 0 Å². The molecule has 0 aliphatic rings. The quantitative estimate of drug-likeness (QED) is 0.146. The number of nitrogens with zero attached hydrogens (tertiary/aromatic N) is 3. The standard InChI is InChI=1S/C58H39N3O/c1-5-15-40(16-6-1)42-27-29-44(30-28-42)53-39-54(60-58(59-53)45-19-9-3-10-20-45)51-25-14-26-55-57(51)52-36-33-47(38-56(52)62-55)43-31-34-49(35-32-43)61(48-22-11-4-12-23-48)50-24-13-21-46(37-50)41-17-7-2-8-18-41/h1-39H. The van der Waals surface area contributed by atoms with E-state index in [2.05, 4.69) is 205 Å². The van der Waals surface area contributed by atoms with Gasteiger partial charge in [0.25, 0.3) is 0 Å². The number of para-hydroxylation sites is 1. The van der Waals surface area contributed by atoms with E-state index in [1.165, 1.54) is 16.7 Å². The van der Waals surface area contributed by atoms with Crippen LogP contribution in [-0.4, -0.2) is 9.97 Å². The fraction of sp³-hybridized carbons (Fsp3) is 0. The van der Waals surface area contributed by atoms with Crippen LogP contribution in [0.15, 0.2) is 241 Å². The van der Waals surface area contributed by atoms with Crippen molar-refractivity contribution in [2.75, 3.05) is 4.90 Å². The summed E-state index contributed by atoms with van der Waals surface area (Å²) in [6.07, 6.45) is 0. The minimum atomic E-state index is 0.676. The van der Waals surface area contributed by atoms with Crippen LogP contribution in [-0.2, 0) is 0 Å². The largest absolute Gasteiger partial charge is 0.456 e. The van der Waals surface area contributed by atoms with Crippen LogP contribution in [0, 0.1) is 0 Å². The summed E-state index contributed by atoms with van der Waals surface area (Å²) < 4.78 is 6.64. The molecule has 62 heavy (non-hydrogen) atoms. The van der Waals surface area contributed by atoms with Crippen LogP contribution in [0.4, 0.5) is 17.1 Å². The van der Waals surface area contributed by atoms with Crippen LogP contribution in [0.2, 0.25) is 0 Å². The van der Waals surface area contributed by atoms with Gasteiger partial charge in [-0.25, -0.2) is 9.97 Å². The van der Waals surface area contributed by atoms with E-state index in [0.29, 0.717) is 5.82 Å². The van der Waals surface area contributed by atoms with Gasteiger partial charge < -0.3 is 9.32 Å². The first-order chi connectivity index (χ1) is 30.7. The fourth-order valence-electron chi connectivity index (χ4n) is 8.41. The monoisotopic (exact) mass is 793 g/mol. The highest BCUT2D eigenvalue weighted by Gasteiger charge is 2.18. The van der Waals surface area contributed by atoms with Gasteiger partial charge in [-0.05, 0) is 94.0 Å². The predicted octanol–water partition coefficient (Wildman–Crippen LogP) is 15.8. The summed E-state index contributed by atoms with van der Waals surface area (Å²) in [5, 5.41) is 2.07. The van der Waals surface area contributed by atoms with Gasteiger partial charge in [0, 0.05) is 44.5 Å². The van der Waals surface area contributed by atoms with Crippen molar-refractivity contribution in [2.24, 2.45) is 0 Å².